The number of nitrogens with one attached hydrogen (secondary N) is 1. The maximum atomic E-state index is 12.4. The lowest BCUT2D eigenvalue weighted by Gasteiger charge is -2.18. The zero-order chi connectivity index (χ0) is 22.8. The van der Waals surface area contributed by atoms with Crippen molar-refractivity contribution >= 4 is 24.7 Å². The molecule has 160 valence electrons. The summed E-state index contributed by atoms with van der Waals surface area (Å²) in [4.78, 5) is 20.6. The molecule has 1 aromatic heterocycles. The van der Waals surface area contributed by atoms with Crippen LogP contribution in [0.2, 0.25) is 0 Å². The molecule has 3 rings (SSSR count). The number of rotatable bonds is 9. The van der Waals surface area contributed by atoms with Gasteiger partial charge in [-0.05, 0) is 41.7 Å². The van der Waals surface area contributed by atoms with Gasteiger partial charge in [-0.3, -0.25) is 4.79 Å². The second kappa shape index (κ2) is 11.6. The highest BCUT2D eigenvalue weighted by Gasteiger charge is 2.25. The predicted molar refractivity (Wildman–Crippen MR) is 123 cm³/mol. The van der Waals surface area contributed by atoms with E-state index in [1.165, 1.54) is 0 Å². The van der Waals surface area contributed by atoms with Crippen LogP contribution < -0.4 is 5.32 Å². The Labute approximate surface area is 187 Å². The van der Waals surface area contributed by atoms with E-state index in [-0.39, 0.29) is 12.3 Å². The Balaban J connectivity index is 1.61. The van der Waals surface area contributed by atoms with Crippen LogP contribution in [-0.4, -0.2) is 39.0 Å². The number of hydrogen-bond acceptors (Lipinski definition) is 6. The van der Waals surface area contributed by atoms with Crippen LogP contribution in [0, 0.1) is 11.3 Å². The fourth-order valence-electron chi connectivity index (χ4n) is 3.23. The standard InChI is InChI=1S/C24H23BN4O3/c26-17-21(24-27-12-5-13-28-24)15-20-9-4-8-19(14-20)10-11-23(30)29-22(25(31)32)16-18-6-2-1-3-7-18/h1-9,12-15,22,31-32H,10-11,16H2,(H,29,30). The summed E-state index contributed by atoms with van der Waals surface area (Å²) >= 11 is 0. The van der Waals surface area contributed by atoms with Gasteiger partial charge in [-0.15, -0.1) is 0 Å². The van der Waals surface area contributed by atoms with Crippen molar-refractivity contribution < 1.29 is 14.8 Å². The van der Waals surface area contributed by atoms with E-state index < -0.39 is 13.1 Å². The highest BCUT2D eigenvalue weighted by Crippen LogP contribution is 2.16. The number of aromatic nitrogens is 2. The van der Waals surface area contributed by atoms with Crippen molar-refractivity contribution in [2.24, 2.45) is 0 Å². The molecule has 2 aromatic carbocycles. The number of carbonyl (C=O) groups is 1. The number of benzene rings is 2. The topological polar surface area (TPSA) is 119 Å². The maximum absolute atomic E-state index is 12.4. The first-order valence-corrected chi connectivity index (χ1v) is 10.2. The molecule has 1 amide bonds. The Morgan fingerprint density at radius 1 is 1.06 bits per heavy atom. The van der Waals surface area contributed by atoms with Gasteiger partial charge in [0.15, 0.2) is 5.82 Å². The molecule has 0 saturated carbocycles. The van der Waals surface area contributed by atoms with Crippen LogP contribution in [0.4, 0.5) is 0 Å². The van der Waals surface area contributed by atoms with Crippen LogP contribution in [0.5, 0.6) is 0 Å². The Morgan fingerprint density at radius 3 is 2.47 bits per heavy atom. The first-order valence-electron chi connectivity index (χ1n) is 10.2. The summed E-state index contributed by atoms with van der Waals surface area (Å²) in [7, 11) is -1.66. The fourth-order valence-corrected chi connectivity index (χ4v) is 3.23. The van der Waals surface area contributed by atoms with Gasteiger partial charge in [0.25, 0.3) is 0 Å². The van der Waals surface area contributed by atoms with Gasteiger partial charge in [0.1, 0.15) is 6.07 Å². The molecule has 0 aliphatic heterocycles. The highest BCUT2D eigenvalue weighted by molar-refractivity contribution is 6.43. The number of nitrogens with zero attached hydrogens (tertiary/aromatic N) is 3. The lowest BCUT2D eigenvalue weighted by Crippen LogP contribution is -2.47. The lowest BCUT2D eigenvalue weighted by molar-refractivity contribution is -0.121. The summed E-state index contributed by atoms with van der Waals surface area (Å²) in [6.07, 6.45) is 5.85. The smallest absolute Gasteiger partial charge is 0.426 e. The maximum Gasteiger partial charge on any atom is 0.475 e. The van der Waals surface area contributed by atoms with E-state index in [1.54, 1.807) is 24.5 Å². The average molecular weight is 426 g/mol. The normalized spacial score (nSPS) is 12.0. The van der Waals surface area contributed by atoms with Crippen molar-refractivity contribution in [3.05, 3.63) is 95.6 Å². The van der Waals surface area contributed by atoms with Crippen molar-refractivity contribution in [2.75, 3.05) is 0 Å². The van der Waals surface area contributed by atoms with Gasteiger partial charge in [-0.1, -0.05) is 54.6 Å². The molecular formula is C24H23BN4O3. The summed E-state index contributed by atoms with van der Waals surface area (Å²) in [5.74, 6) is -0.703. The van der Waals surface area contributed by atoms with E-state index in [0.29, 0.717) is 24.2 Å². The predicted octanol–water partition coefficient (Wildman–Crippen LogP) is 2.21. The van der Waals surface area contributed by atoms with Crippen molar-refractivity contribution in [3.63, 3.8) is 0 Å². The van der Waals surface area contributed by atoms with Crippen LogP contribution >= 0.6 is 0 Å². The zero-order valence-corrected chi connectivity index (χ0v) is 17.4. The number of amides is 1. The molecule has 7 nitrogen and oxygen atoms in total. The van der Waals surface area contributed by atoms with Crippen molar-refractivity contribution in [2.45, 2.75) is 25.2 Å². The third-order valence-corrected chi connectivity index (χ3v) is 4.83. The summed E-state index contributed by atoms with van der Waals surface area (Å²) in [6, 6.07) is 20.7. The molecule has 0 aliphatic rings. The molecule has 0 radical (unpaired) electrons. The van der Waals surface area contributed by atoms with Gasteiger partial charge in [-0.2, -0.15) is 5.26 Å². The second-order valence-corrected chi connectivity index (χ2v) is 7.26. The Hall–Kier alpha value is -3.80. The van der Waals surface area contributed by atoms with Gasteiger partial charge in [0.05, 0.1) is 11.5 Å². The molecule has 1 heterocycles. The number of nitriles is 1. The summed E-state index contributed by atoms with van der Waals surface area (Å²) in [5, 5.41) is 31.4. The number of allylic oxidation sites excluding steroid dienone is 1. The molecule has 0 fully saturated rings. The number of carbonyl (C=O) groups excluding carboxylic acids is 1. The number of aryl methyl sites for hydroxylation is 1. The van der Waals surface area contributed by atoms with Crippen LogP contribution in [0.3, 0.4) is 0 Å². The van der Waals surface area contributed by atoms with E-state index in [9.17, 15) is 20.1 Å². The first kappa shape index (κ1) is 22.9. The molecule has 1 atom stereocenters. The molecule has 0 spiro atoms. The molecule has 0 aliphatic carbocycles. The minimum absolute atomic E-state index is 0.193. The van der Waals surface area contributed by atoms with Crippen molar-refractivity contribution in [1.29, 1.82) is 5.26 Å². The second-order valence-electron chi connectivity index (χ2n) is 7.26. The van der Waals surface area contributed by atoms with Crippen molar-refractivity contribution in [1.82, 2.24) is 15.3 Å². The third kappa shape index (κ3) is 6.88. The minimum atomic E-state index is -1.66. The third-order valence-electron chi connectivity index (χ3n) is 4.83. The molecule has 32 heavy (non-hydrogen) atoms. The van der Waals surface area contributed by atoms with E-state index in [0.717, 1.165) is 16.7 Å². The summed E-state index contributed by atoms with van der Waals surface area (Å²) in [6.45, 7) is 0. The van der Waals surface area contributed by atoms with Gasteiger partial charge < -0.3 is 15.4 Å². The van der Waals surface area contributed by atoms with Gasteiger partial charge >= 0.3 is 7.12 Å². The lowest BCUT2D eigenvalue weighted by atomic mass is 9.76. The molecule has 1 unspecified atom stereocenters. The van der Waals surface area contributed by atoms with Gasteiger partial charge in [0.2, 0.25) is 5.91 Å². The summed E-state index contributed by atoms with van der Waals surface area (Å²) in [5.41, 5.74) is 2.98. The molecular weight excluding hydrogens is 403 g/mol. The van der Waals surface area contributed by atoms with E-state index in [2.05, 4.69) is 21.4 Å². The largest absolute Gasteiger partial charge is 0.475 e. The van der Waals surface area contributed by atoms with E-state index >= 15 is 0 Å². The highest BCUT2D eigenvalue weighted by atomic mass is 16.4. The van der Waals surface area contributed by atoms with Crippen LogP contribution in [0.15, 0.2) is 73.1 Å². The first-order chi connectivity index (χ1) is 15.5. The molecule has 3 N–H and O–H groups in total. The molecule has 0 saturated heterocycles. The summed E-state index contributed by atoms with van der Waals surface area (Å²) < 4.78 is 0. The van der Waals surface area contributed by atoms with Crippen molar-refractivity contribution in [3.8, 4) is 6.07 Å². The van der Waals surface area contributed by atoms with Crippen LogP contribution in [0.1, 0.15) is 28.9 Å². The fraction of sp³-hybridized carbons (Fsp3) is 0.167. The molecule has 8 heteroatoms. The minimum Gasteiger partial charge on any atom is -0.426 e. The van der Waals surface area contributed by atoms with Gasteiger partial charge in [-0.25, -0.2) is 9.97 Å². The Bertz CT molecular complexity index is 1100. The molecule has 3 aromatic rings. The van der Waals surface area contributed by atoms with Crippen LogP contribution in [0.25, 0.3) is 11.6 Å². The number of hydrogen-bond donors (Lipinski definition) is 3. The van der Waals surface area contributed by atoms with E-state index in [1.807, 2.05) is 54.6 Å². The van der Waals surface area contributed by atoms with E-state index in [4.69, 9.17) is 0 Å². The Kier molecular flexibility index (Phi) is 8.26. The van der Waals surface area contributed by atoms with Crippen LogP contribution in [-0.2, 0) is 17.6 Å². The molecule has 0 bridgehead atoms. The average Bonchev–Trinajstić information content (AvgIpc) is 2.82. The SMILES string of the molecule is N#CC(=Cc1cccc(CCC(=O)NC(Cc2ccccc2)B(O)O)c1)c1ncccn1. The quantitative estimate of drug-likeness (QED) is 0.357. The zero-order valence-electron chi connectivity index (χ0n) is 17.4. The monoisotopic (exact) mass is 426 g/mol. The Morgan fingerprint density at radius 2 is 1.78 bits per heavy atom. The van der Waals surface area contributed by atoms with Gasteiger partial charge in [0, 0.05) is 18.8 Å².